The molecule has 4 rings (SSSR count). The molecule has 1 aliphatic heterocycles. The van der Waals surface area contributed by atoms with E-state index in [1.165, 1.54) is 0 Å². The van der Waals surface area contributed by atoms with E-state index >= 15 is 0 Å². The van der Waals surface area contributed by atoms with Gasteiger partial charge in [0.2, 0.25) is 5.95 Å². The van der Waals surface area contributed by atoms with Crippen LogP contribution in [0.2, 0.25) is 5.15 Å². The van der Waals surface area contributed by atoms with Crippen molar-refractivity contribution in [2.24, 2.45) is 0 Å². The second-order valence-electron chi connectivity index (χ2n) is 7.58. The zero-order chi connectivity index (χ0) is 24.1. The summed E-state index contributed by atoms with van der Waals surface area (Å²) in [5.41, 5.74) is 1.40. The molecule has 1 aromatic heterocycles. The third kappa shape index (κ3) is 5.88. The van der Waals surface area contributed by atoms with Gasteiger partial charge in [-0.2, -0.15) is 13.2 Å². The summed E-state index contributed by atoms with van der Waals surface area (Å²) in [5, 5.41) is 2.18. The number of ether oxygens (including phenoxy) is 1. The third-order valence-corrected chi connectivity index (χ3v) is 5.57. The Labute approximate surface area is 199 Å². The molecule has 0 bridgehead atoms. The van der Waals surface area contributed by atoms with Gasteiger partial charge in [0.1, 0.15) is 17.3 Å². The van der Waals surface area contributed by atoms with Crippen LogP contribution in [-0.2, 0) is 17.5 Å². The predicted octanol–water partition coefficient (Wildman–Crippen LogP) is 5.35. The van der Waals surface area contributed by atoms with Gasteiger partial charge >= 0.3 is 12.3 Å². The van der Waals surface area contributed by atoms with E-state index in [1.807, 2.05) is 42.5 Å². The summed E-state index contributed by atoms with van der Waals surface area (Å²) in [7, 11) is 0. The van der Waals surface area contributed by atoms with Gasteiger partial charge in [-0.3, -0.25) is 0 Å². The highest BCUT2D eigenvalue weighted by Gasteiger charge is 2.34. The SMILES string of the molecule is O=C(OCc1ccccc1)N1CCN(c2ccc(Nc3ncc(C(F)(F)F)c(Cl)n3)cc2)CC1. The minimum Gasteiger partial charge on any atom is -0.445 e. The molecule has 1 N–H and O–H groups in total. The van der Waals surface area contributed by atoms with Gasteiger partial charge in [0, 0.05) is 43.8 Å². The molecular weight excluding hydrogens is 471 g/mol. The molecule has 34 heavy (non-hydrogen) atoms. The monoisotopic (exact) mass is 491 g/mol. The lowest BCUT2D eigenvalue weighted by Gasteiger charge is -2.35. The highest BCUT2D eigenvalue weighted by molar-refractivity contribution is 6.30. The Kier molecular flexibility index (Phi) is 7.06. The summed E-state index contributed by atoms with van der Waals surface area (Å²) in [6.45, 7) is 2.59. The van der Waals surface area contributed by atoms with Gasteiger partial charge in [-0.15, -0.1) is 0 Å². The zero-order valence-electron chi connectivity index (χ0n) is 17.9. The van der Waals surface area contributed by atoms with Crippen LogP contribution in [0.3, 0.4) is 0 Å². The number of carbonyl (C=O) groups is 1. The van der Waals surface area contributed by atoms with Crippen LogP contribution in [0.25, 0.3) is 0 Å². The first-order chi connectivity index (χ1) is 16.3. The molecule has 7 nitrogen and oxygen atoms in total. The number of hydrogen-bond acceptors (Lipinski definition) is 6. The number of aromatic nitrogens is 2. The van der Waals surface area contributed by atoms with Gasteiger partial charge in [-0.1, -0.05) is 41.9 Å². The molecule has 1 aliphatic rings. The first kappa shape index (κ1) is 23.6. The van der Waals surface area contributed by atoms with Gasteiger partial charge in [0.25, 0.3) is 0 Å². The van der Waals surface area contributed by atoms with Crippen molar-refractivity contribution in [3.8, 4) is 0 Å². The molecule has 2 aromatic carbocycles. The van der Waals surface area contributed by atoms with Crippen LogP contribution in [0.1, 0.15) is 11.1 Å². The average molecular weight is 492 g/mol. The Balaban J connectivity index is 1.28. The number of piperazine rings is 1. The molecule has 0 aliphatic carbocycles. The minimum atomic E-state index is -4.61. The Morgan fingerprint density at radius 3 is 2.32 bits per heavy atom. The predicted molar refractivity (Wildman–Crippen MR) is 122 cm³/mol. The van der Waals surface area contributed by atoms with Crippen LogP contribution in [-0.4, -0.2) is 47.1 Å². The fourth-order valence-corrected chi connectivity index (χ4v) is 3.69. The molecule has 2 heterocycles. The number of alkyl halides is 3. The summed E-state index contributed by atoms with van der Waals surface area (Å²) >= 11 is 5.64. The minimum absolute atomic E-state index is 0.0339. The number of nitrogens with zero attached hydrogens (tertiary/aromatic N) is 4. The van der Waals surface area contributed by atoms with Crippen LogP contribution in [0, 0.1) is 0 Å². The second kappa shape index (κ2) is 10.2. The molecule has 0 radical (unpaired) electrons. The van der Waals surface area contributed by atoms with Gasteiger partial charge in [0.15, 0.2) is 0 Å². The van der Waals surface area contributed by atoms with Gasteiger partial charge in [0.05, 0.1) is 0 Å². The Morgan fingerprint density at radius 1 is 1.03 bits per heavy atom. The van der Waals surface area contributed by atoms with Crippen LogP contribution < -0.4 is 10.2 Å². The average Bonchev–Trinajstić information content (AvgIpc) is 2.83. The lowest BCUT2D eigenvalue weighted by Crippen LogP contribution is -2.48. The molecule has 1 fully saturated rings. The maximum absolute atomic E-state index is 12.8. The van der Waals surface area contributed by atoms with Crippen molar-refractivity contribution in [3.05, 3.63) is 77.1 Å². The number of rotatable bonds is 5. The van der Waals surface area contributed by atoms with E-state index in [0.717, 1.165) is 11.3 Å². The Bertz CT molecular complexity index is 1120. The van der Waals surface area contributed by atoms with E-state index in [2.05, 4.69) is 20.2 Å². The first-order valence-corrected chi connectivity index (χ1v) is 10.8. The fourth-order valence-electron chi connectivity index (χ4n) is 3.45. The van der Waals surface area contributed by atoms with Gasteiger partial charge < -0.3 is 19.9 Å². The van der Waals surface area contributed by atoms with E-state index < -0.39 is 16.9 Å². The van der Waals surface area contributed by atoms with Crippen LogP contribution in [0.5, 0.6) is 0 Å². The number of carbonyl (C=O) groups excluding carboxylic acids is 1. The molecule has 11 heteroatoms. The quantitative estimate of drug-likeness (QED) is 0.485. The van der Waals surface area contributed by atoms with Crippen LogP contribution in [0.15, 0.2) is 60.8 Å². The standard InChI is InChI=1S/C23H21ClF3N5O2/c24-20-19(23(25,26)27)14-28-21(30-20)29-17-6-8-18(9-7-17)31-10-12-32(13-11-31)22(33)34-15-16-4-2-1-3-5-16/h1-9,14H,10-13,15H2,(H,28,29,30). The molecule has 178 valence electrons. The lowest BCUT2D eigenvalue weighted by atomic mass is 10.2. The van der Waals surface area contributed by atoms with E-state index in [4.69, 9.17) is 16.3 Å². The van der Waals surface area contributed by atoms with Crippen molar-refractivity contribution in [1.82, 2.24) is 14.9 Å². The largest absolute Gasteiger partial charge is 0.445 e. The highest BCUT2D eigenvalue weighted by atomic mass is 35.5. The molecule has 0 unspecified atom stereocenters. The maximum atomic E-state index is 12.8. The molecule has 3 aromatic rings. The summed E-state index contributed by atoms with van der Waals surface area (Å²) in [5.74, 6) is -0.0339. The number of hydrogen-bond donors (Lipinski definition) is 1. The van der Waals surface area contributed by atoms with Crippen molar-refractivity contribution in [3.63, 3.8) is 0 Å². The first-order valence-electron chi connectivity index (χ1n) is 10.5. The Hall–Kier alpha value is -3.53. The smallest absolute Gasteiger partial charge is 0.420 e. The van der Waals surface area contributed by atoms with Gasteiger partial charge in [-0.05, 0) is 29.8 Å². The Morgan fingerprint density at radius 2 is 1.71 bits per heavy atom. The van der Waals surface area contributed by atoms with E-state index in [-0.39, 0.29) is 18.6 Å². The van der Waals surface area contributed by atoms with Crippen LogP contribution >= 0.6 is 11.6 Å². The molecule has 1 amide bonds. The van der Waals surface area contributed by atoms with Gasteiger partial charge in [-0.25, -0.2) is 14.8 Å². The van der Waals surface area contributed by atoms with E-state index in [1.54, 1.807) is 17.0 Å². The van der Waals surface area contributed by atoms with Crippen molar-refractivity contribution in [2.75, 3.05) is 36.4 Å². The molecule has 1 saturated heterocycles. The number of nitrogens with one attached hydrogen (secondary N) is 1. The molecule has 0 spiro atoms. The topological polar surface area (TPSA) is 70.6 Å². The summed E-state index contributed by atoms with van der Waals surface area (Å²) in [4.78, 5) is 23.5. The zero-order valence-corrected chi connectivity index (χ0v) is 18.7. The van der Waals surface area contributed by atoms with Crippen LogP contribution in [0.4, 0.5) is 35.3 Å². The fraction of sp³-hybridized carbons (Fsp3) is 0.261. The number of halogens is 4. The van der Waals surface area contributed by atoms with Crippen molar-refractivity contribution in [1.29, 1.82) is 0 Å². The summed E-state index contributed by atoms with van der Waals surface area (Å²) in [6, 6.07) is 16.8. The highest BCUT2D eigenvalue weighted by Crippen LogP contribution is 2.33. The van der Waals surface area contributed by atoms with Crippen molar-refractivity contribution in [2.45, 2.75) is 12.8 Å². The molecule has 0 atom stereocenters. The second-order valence-corrected chi connectivity index (χ2v) is 7.94. The number of anilines is 3. The van der Waals surface area contributed by atoms with Crippen molar-refractivity contribution >= 4 is 35.0 Å². The number of amides is 1. The van der Waals surface area contributed by atoms with Crippen molar-refractivity contribution < 1.29 is 22.7 Å². The molecule has 0 saturated carbocycles. The lowest BCUT2D eigenvalue weighted by molar-refractivity contribution is -0.137. The summed E-state index contributed by atoms with van der Waals surface area (Å²) in [6.07, 6.45) is -4.30. The molecular formula is C23H21ClF3N5O2. The third-order valence-electron chi connectivity index (χ3n) is 5.28. The normalized spacial score (nSPS) is 14.1. The maximum Gasteiger partial charge on any atom is 0.420 e. The van der Waals surface area contributed by atoms with E-state index in [9.17, 15) is 18.0 Å². The van der Waals surface area contributed by atoms with E-state index in [0.29, 0.717) is 38.1 Å². The summed E-state index contributed by atoms with van der Waals surface area (Å²) < 4.78 is 43.8. The number of benzene rings is 2.